The van der Waals surface area contributed by atoms with Gasteiger partial charge in [0.15, 0.2) is 5.71 Å². The molecule has 1 aliphatic rings. The molecule has 8 heteroatoms. The molecule has 0 aromatic heterocycles. The fourth-order valence-electron chi connectivity index (χ4n) is 12.2. The van der Waals surface area contributed by atoms with Gasteiger partial charge in [0.1, 0.15) is 0 Å². The van der Waals surface area contributed by atoms with Gasteiger partial charge < -0.3 is 20.5 Å². The fourth-order valence-corrected chi connectivity index (χ4v) is 17.6. The molecule has 1 aliphatic heterocycles. The average Bonchev–Trinajstić information content (AvgIpc) is 1.40. The number of unbranched alkanes of at least 4 members (excludes halogenated alkanes) is 2. The predicted molar refractivity (Wildman–Crippen MR) is 363 cm³/mol. The minimum Gasteiger partial charge on any atom is -2.00 e. The molecule has 0 aliphatic carbocycles. The van der Waals surface area contributed by atoms with Crippen molar-refractivity contribution in [3.05, 3.63) is 252 Å². The van der Waals surface area contributed by atoms with Crippen LogP contribution in [0.5, 0.6) is 0 Å². The van der Waals surface area contributed by atoms with Gasteiger partial charge >= 0.3 is 40.1 Å². The van der Waals surface area contributed by atoms with Gasteiger partial charge in [-0.2, -0.15) is 5.70 Å². The first-order chi connectivity index (χ1) is 38.7. The van der Waals surface area contributed by atoms with Gasteiger partial charge in [-0.05, 0) is 115 Å². The zero-order chi connectivity index (χ0) is 59.2. The third-order valence-electron chi connectivity index (χ3n) is 16.0. The van der Waals surface area contributed by atoms with Crippen molar-refractivity contribution in [3.63, 3.8) is 0 Å². The number of benzene rings is 7. The third kappa shape index (κ3) is 21.1. The molecule has 1 N–H and O–H groups in total. The van der Waals surface area contributed by atoms with Crippen LogP contribution in [0.4, 0.5) is 17.1 Å². The Bertz CT molecular complexity index is 2800. The van der Waals surface area contributed by atoms with Crippen LogP contribution in [0.3, 0.4) is 0 Å². The zero-order valence-corrected chi connectivity index (χ0v) is 58.4. The average molecular weight is 1200 g/mol. The van der Waals surface area contributed by atoms with Crippen LogP contribution in [-0.2, 0) is 27.3 Å². The van der Waals surface area contributed by atoms with Gasteiger partial charge in [0.2, 0.25) is 5.69 Å². The molecule has 445 valence electrons. The predicted octanol–water partition coefficient (Wildman–Crippen LogP) is 21.2. The largest absolute Gasteiger partial charge is 2.00 e. The van der Waals surface area contributed by atoms with Crippen LogP contribution < -0.4 is 4.99 Å². The minimum atomic E-state index is -2.25. The van der Waals surface area contributed by atoms with Gasteiger partial charge in [0.25, 0.3) is 0 Å². The van der Waals surface area contributed by atoms with E-state index in [4.69, 9.17) is 15.0 Å². The zero-order valence-electron chi connectivity index (χ0n) is 54.8. The number of nitrogens with zero attached hydrogens (tertiary/aromatic N) is 2. The maximum absolute atomic E-state index is 6.27. The van der Waals surface area contributed by atoms with Crippen LogP contribution in [0, 0.1) is 41.5 Å². The molecule has 0 unspecified atom stereocenters. The number of ether oxygens (including phenoxy) is 1. The second kappa shape index (κ2) is 37.5. The SMILES string of the molecule is C1CCOC1.CC(/C=C(/C)[N-]c1c(C)cc(C)cc1C)=[NH+]c1c(C)cc(C)cc1C.CC(C)c1cc(C(c2ccccc2)c2ccccc2)c([N-][Si](C(C)C)(C(C)C)C(C)C)c(C(c2ccccc2)c2ccccc2)c1.CCCCC.[Mg+2].[Mn+2].[O-2]. The normalized spacial score (nSPS) is 12.3. The minimum absolute atomic E-state index is 0. The van der Waals surface area contributed by atoms with Crippen molar-refractivity contribution in [2.24, 2.45) is 0 Å². The number of aryl methyl sites for hydroxylation is 6. The summed E-state index contributed by atoms with van der Waals surface area (Å²) in [5, 5.41) is 4.84. The van der Waals surface area contributed by atoms with Crippen LogP contribution in [0.1, 0.15) is 205 Å². The molecular weight excluding hydrogens is 1090 g/mol. The maximum atomic E-state index is 6.27. The Morgan fingerprint density at radius 2 is 0.857 bits per heavy atom. The van der Waals surface area contributed by atoms with E-state index < -0.39 is 8.24 Å². The number of allylic oxidation sites excluding steroid dienone is 2. The van der Waals surface area contributed by atoms with Gasteiger partial charge in [0, 0.05) is 43.1 Å². The second-order valence-corrected chi connectivity index (χ2v) is 29.5. The van der Waals surface area contributed by atoms with E-state index in [9.17, 15) is 0 Å². The molecule has 84 heavy (non-hydrogen) atoms. The monoisotopic (exact) mass is 1200 g/mol. The summed E-state index contributed by atoms with van der Waals surface area (Å²) in [5.41, 5.74) is 23.9. The molecule has 0 bridgehead atoms. The van der Waals surface area contributed by atoms with E-state index in [-0.39, 0.29) is 57.4 Å². The van der Waals surface area contributed by atoms with Crippen LogP contribution >= 0.6 is 0 Å². The van der Waals surface area contributed by atoms with Crippen LogP contribution in [0.25, 0.3) is 10.3 Å². The van der Waals surface area contributed by atoms with Gasteiger partial charge in [-0.3, -0.25) is 0 Å². The van der Waals surface area contributed by atoms with Crippen molar-refractivity contribution in [1.29, 1.82) is 0 Å². The first-order valence-corrected chi connectivity index (χ1v) is 32.8. The summed E-state index contributed by atoms with van der Waals surface area (Å²) in [7, 11) is -2.25. The number of hydrogen-bond donors (Lipinski definition) is 1. The van der Waals surface area contributed by atoms with Gasteiger partial charge in [0.05, 0.1) is 0 Å². The van der Waals surface area contributed by atoms with E-state index in [2.05, 4.69) is 293 Å². The van der Waals surface area contributed by atoms with Gasteiger partial charge in [-0.1, -0.05) is 291 Å². The molecule has 5 nitrogen and oxygen atoms in total. The van der Waals surface area contributed by atoms with Crippen molar-refractivity contribution in [2.75, 3.05) is 13.2 Å². The Labute approximate surface area is 538 Å². The molecule has 1 heterocycles. The van der Waals surface area contributed by atoms with Crippen molar-refractivity contribution in [2.45, 2.75) is 191 Å². The molecule has 8 rings (SSSR count). The van der Waals surface area contributed by atoms with Gasteiger partial charge in [-0.25, -0.2) is 4.99 Å². The van der Waals surface area contributed by atoms with Crippen LogP contribution in [0.2, 0.25) is 16.6 Å². The van der Waals surface area contributed by atoms with Crippen molar-refractivity contribution < 1.29 is 32.3 Å². The molecule has 7 aromatic rings. The van der Waals surface area contributed by atoms with E-state index in [0.717, 1.165) is 30.3 Å². The Kier molecular flexibility index (Phi) is 33.5. The Hall–Kier alpha value is -5.03. The molecule has 0 spiro atoms. The summed E-state index contributed by atoms with van der Waals surface area (Å²) in [4.78, 5) is 9.81. The smallest absolute Gasteiger partial charge is 2.00 e. The number of hydrogen-bond acceptors (Lipinski definition) is 1. The van der Waals surface area contributed by atoms with Crippen molar-refractivity contribution >= 4 is 54.1 Å². The van der Waals surface area contributed by atoms with E-state index >= 15 is 0 Å². The van der Waals surface area contributed by atoms with Crippen LogP contribution in [0.15, 0.2) is 169 Å². The molecule has 1 radical (unpaired) electrons. The summed E-state index contributed by atoms with van der Waals surface area (Å²) in [5.74, 6) is 0.487. The summed E-state index contributed by atoms with van der Waals surface area (Å²) in [6.07, 6.45) is 8.74. The Balaban J connectivity index is 0.000000530. The maximum Gasteiger partial charge on any atom is 2.00 e. The fraction of sp³-hybridized carbons (Fsp3) is 0.408. The third-order valence-corrected chi connectivity index (χ3v) is 22.1. The molecule has 7 aromatic carbocycles. The molecule has 0 atom stereocenters. The molecule has 1 saturated heterocycles. The Morgan fingerprint density at radius 1 is 0.512 bits per heavy atom. The molecule has 0 amide bonds. The van der Waals surface area contributed by atoms with Crippen molar-refractivity contribution in [1.82, 2.24) is 0 Å². The van der Waals surface area contributed by atoms with E-state index in [1.807, 2.05) is 0 Å². The second-order valence-electron chi connectivity index (χ2n) is 24.1. The Morgan fingerprint density at radius 3 is 1.14 bits per heavy atom. The number of rotatable bonds is 18. The van der Waals surface area contributed by atoms with Crippen molar-refractivity contribution in [3.8, 4) is 0 Å². The summed E-state index contributed by atoms with van der Waals surface area (Å²) in [6.45, 7) is 42.6. The molecule has 0 saturated carbocycles. The first-order valence-electron chi connectivity index (χ1n) is 30.6. The topological polar surface area (TPSA) is 79.9 Å². The summed E-state index contributed by atoms with van der Waals surface area (Å²) >= 11 is 0. The van der Waals surface area contributed by atoms with E-state index in [1.54, 1.807) is 0 Å². The molecule has 1 fully saturated rings. The van der Waals surface area contributed by atoms with E-state index in [0.29, 0.717) is 22.5 Å². The van der Waals surface area contributed by atoms with E-state index in [1.165, 1.54) is 116 Å². The first kappa shape index (κ1) is 75.1. The van der Waals surface area contributed by atoms with Gasteiger partial charge in [-0.15, -0.1) is 11.4 Å². The standard InChI is InChI=1S/C44H52NSi.C23H29N2.C5H12.C4H8O.Mg.Mn.O/c1-31(2)39-29-40(42(35-21-13-9-14-22-35)36-23-15-10-16-24-36)44(45-46(32(3)4,33(5)6)34(7)8)41(30-39)43(37-25-17-11-18-26-37)38-27-19-12-20-28-38;1-14-9-16(3)22(17(4)10-14)24-20(7)13-21(8)25-23-18(5)11-15(2)12-19(23)6;1-3-5-4-2;1-2-4-5-3-1;;;/h9-34,42-43H,1-8H3;9-13H,1-8H3;3-5H2,1-2H3;1-4H2;;;/q2*-1;;;2*+2;-2/p+1/b;20-13-,25-21?;;;;;. The summed E-state index contributed by atoms with van der Waals surface area (Å²) in [6, 6.07) is 58.2. The summed E-state index contributed by atoms with van der Waals surface area (Å²) < 4.78 is 4.94. The van der Waals surface area contributed by atoms with Crippen LogP contribution in [-0.4, -0.2) is 50.2 Å². The number of nitrogens with one attached hydrogen (secondary N) is 1. The molecular formula is C76H102MgMnN3O2Si+. The quantitative estimate of drug-likeness (QED) is 0.0519.